The lowest BCUT2D eigenvalue weighted by Gasteiger charge is -2.17. The van der Waals surface area contributed by atoms with Crippen LogP contribution in [0.1, 0.15) is 144 Å². The largest absolute Gasteiger partial charge is 0.399 e. The lowest BCUT2D eigenvalue weighted by atomic mass is 9.90. The van der Waals surface area contributed by atoms with Gasteiger partial charge in [-0.1, -0.05) is 131 Å². The van der Waals surface area contributed by atoms with E-state index >= 15 is 0 Å². The normalized spacial score (nSPS) is 15.9. The molecule has 4 nitrogen and oxygen atoms in total. The van der Waals surface area contributed by atoms with Crippen molar-refractivity contribution in [2.75, 3.05) is 13.2 Å². The minimum absolute atomic E-state index is 0.232. The van der Waals surface area contributed by atoms with Gasteiger partial charge < -0.3 is 0 Å². The van der Waals surface area contributed by atoms with E-state index in [1.807, 2.05) is 0 Å². The molecule has 0 aliphatic rings. The number of rotatable bonds is 24. The minimum atomic E-state index is -3.85. The molecule has 0 N–H and O–H groups in total. The minimum Gasteiger partial charge on any atom is -0.248 e. The van der Waals surface area contributed by atoms with Crippen molar-refractivity contribution in [1.82, 2.24) is 0 Å². The van der Waals surface area contributed by atoms with Crippen molar-refractivity contribution in [1.29, 1.82) is 0 Å². The molecule has 0 rings (SSSR count). The summed E-state index contributed by atoms with van der Waals surface area (Å²) in [6, 6.07) is 0. The zero-order chi connectivity index (χ0) is 25.0. The molecular weight excluding hydrogens is 432 g/mol. The molecule has 0 spiro atoms. The average molecular weight is 491 g/mol. The monoisotopic (exact) mass is 490 g/mol. The van der Waals surface area contributed by atoms with E-state index in [0.29, 0.717) is 11.8 Å². The SMILES string of the molecule is CCCC(CC)CCC(C)CCCCOS(=O)(=O)OCCCCC(C)CCC(CC)CCC. The van der Waals surface area contributed by atoms with Gasteiger partial charge in [-0.25, -0.2) is 8.37 Å². The maximum absolute atomic E-state index is 11.9. The van der Waals surface area contributed by atoms with E-state index in [0.717, 1.165) is 50.4 Å². The van der Waals surface area contributed by atoms with Crippen LogP contribution in [0.3, 0.4) is 0 Å². The molecule has 0 amide bonds. The fourth-order valence-corrected chi connectivity index (χ4v) is 5.51. The van der Waals surface area contributed by atoms with Crippen LogP contribution in [-0.2, 0) is 18.8 Å². The van der Waals surface area contributed by atoms with Crippen molar-refractivity contribution >= 4 is 10.4 Å². The number of hydrogen-bond donors (Lipinski definition) is 0. The van der Waals surface area contributed by atoms with Gasteiger partial charge in [-0.05, 0) is 36.5 Å². The Balaban J connectivity index is 3.76. The smallest absolute Gasteiger partial charge is 0.248 e. The predicted molar refractivity (Wildman–Crippen MR) is 143 cm³/mol. The summed E-state index contributed by atoms with van der Waals surface area (Å²) in [5.41, 5.74) is 0. The molecule has 0 bridgehead atoms. The Kier molecular flexibility index (Phi) is 21.1. The molecule has 0 radical (unpaired) electrons. The van der Waals surface area contributed by atoms with Gasteiger partial charge in [0.2, 0.25) is 0 Å². The maximum Gasteiger partial charge on any atom is 0.399 e. The van der Waals surface area contributed by atoms with Crippen LogP contribution in [0.2, 0.25) is 0 Å². The number of hydrogen-bond acceptors (Lipinski definition) is 4. The third-order valence-electron chi connectivity index (χ3n) is 7.32. The second-order valence-corrected chi connectivity index (χ2v) is 11.8. The van der Waals surface area contributed by atoms with E-state index < -0.39 is 10.4 Å². The molecule has 0 saturated heterocycles. The summed E-state index contributed by atoms with van der Waals surface area (Å²) in [5.74, 6) is 3.13. The van der Waals surface area contributed by atoms with Crippen LogP contribution >= 0.6 is 0 Å². The molecule has 33 heavy (non-hydrogen) atoms. The topological polar surface area (TPSA) is 52.6 Å². The predicted octanol–water partition coefficient (Wildman–Crippen LogP) is 9.09. The Morgan fingerprint density at radius 3 is 1.27 bits per heavy atom. The molecular formula is C28H58O4S. The molecule has 0 saturated carbocycles. The zero-order valence-corrected chi connectivity index (χ0v) is 23.9. The molecule has 4 atom stereocenters. The summed E-state index contributed by atoms with van der Waals surface area (Å²) in [6.45, 7) is 14.2. The fourth-order valence-electron chi connectivity index (χ4n) is 4.80. The van der Waals surface area contributed by atoms with Crippen molar-refractivity contribution in [3.8, 4) is 0 Å². The summed E-state index contributed by atoms with van der Waals surface area (Å²) in [7, 11) is -3.85. The van der Waals surface area contributed by atoms with Gasteiger partial charge in [0.05, 0.1) is 13.2 Å². The van der Waals surface area contributed by atoms with Crippen molar-refractivity contribution in [3.05, 3.63) is 0 Å². The number of unbranched alkanes of at least 4 members (excludes halogenated alkanes) is 2. The molecule has 0 aliphatic heterocycles. The molecule has 0 aromatic rings. The highest BCUT2D eigenvalue weighted by Crippen LogP contribution is 2.24. The average Bonchev–Trinajstić information content (AvgIpc) is 2.78. The van der Waals surface area contributed by atoms with Crippen LogP contribution in [0.15, 0.2) is 0 Å². The molecule has 0 fully saturated rings. The van der Waals surface area contributed by atoms with E-state index in [1.54, 1.807) is 0 Å². The maximum atomic E-state index is 11.9. The van der Waals surface area contributed by atoms with Gasteiger partial charge in [0.1, 0.15) is 0 Å². The van der Waals surface area contributed by atoms with Crippen LogP contribution in [0.25, 0.3) is 0 Å². The van der Waals surface area contributed by atoms with E-state index in [1.165, 1.54) is 64.2 Å². The molecule has 5 heteroatoms. The third kappa shape index (κ3) is 19.8. The lowest BCUT2D eigenvalue weighted by molar-refractivity contribution is 0.205. The first kappa shape index (κ1) is 32.9. The van der Waals surface area contributed by atoms with Gasteiger partial charge in [-0.15, -0.1) is 0 Å². The quantitative estimate of drug-likeness (QED) is 0.127. The fraction of sp³-hybridized carbons (Fsp3) is 1.00. The second-order valence-electron chi connectivity index (χ2n) is 10.5. The third-order valence-corrected chi connectivity index (χ3v) is 8.23. The van der Waals surface area contributed by atoms with Gasteiger partial charge in [-0.3, -0.25) is 0 Å². The van der Waals surface area contributed by atoms with Crippen LogP contribution in [0.5, 0.6) is 0 Å². The van der Waals surface area contributed by atoms with Crippen LogP contribution in [-0.4, -0.2) is 21.6 Å². The Labute approximate surface area is 208 Å². The van der Waals surface area contributed by atoms with E-state index in [9.17, 15) is 8.42 Å². The first-order chi connectivity index (χ1) is 15.8. The Hall–Kier alpha value is -0.130. The highest BCUT2D eigenvalue weighted by atomic mass is 32.3. The Morgan fingerprint density at radius 2 is 0.939 bits per heavy atom. The van der Waals surface area contributed by atoms with Gasteiger partial charge in [0, 0.05) is 0 Å². The highest BCUT2D eigenvalue weighted by Gasteiger charge is 2.13. The summed E-state index contributed by atoms with van der Waals surface area (Å²) in [4.78, 5) is 0. The molecule has 4 unspecified atom stereocenters. The summed E-state index contributed by atoms with van der Waals surface area (Å²) >= 11 is 0. The summed E-state index contributed by atoms with van der Waals surface area (Å²) in [5, 5.41) is 0. The van der Waals surface area contributed by atoms with Gasteiger partial charge in [0.25, 0.3) is 0 Å². The van der Waals surface area contributed by atoms with E-state index in [-0.39, 0.29) is 13.2 Å². The van der Waals surface area contributed by atoms with Crippen molar-refractivity contribution in [3.63, 3.8) is 0 Å². The van der Waals surface area contributed by atoms with Crippen molar-refractivity contribution < 1.29 is 16.8 Å². The van der Waals surface area contributed by atoms with Crippen LogP contribution in [0.4, 0.5) is 0 Å². The molecule has 200 valence electrons. The van der Waals surface area contributed by atoms with E-state index in [4.69, 9.17) is 8.37 Å². The highest BCUT2D eigenvalue weighted by molar-refractivity contribution is 7.81. The lowest BCUT2D eigenvalue weighted by Crippen LogP contribution is -2.12. The van der Waals surface area contributed by atoms with E-state index in [2.05, 4.69) is 41.5 Å². The standard InChI is InChI=1S/C28H58O4S/c1-7-15-27(9-3)21-19-25(5)17-11-13-23-31-33(29,30)32-24-14-12-18-26(6)20-22-28(10-4)16-8-2/h25-28H,7-24H2,1-6H3. The molecule has 0 aromatic carbocycles. The Bertz CT molecular complexity index is 480. The zero-order valence-electron chi connectivity index (χ0n) is 23.1. The van der Waals surface area contributed by atoms with Crippen LogP contribution in [0, 0.1) is 23.7 Å². The molecule has 0 heterocycles. The van der Waals surface area contributed by atoms with Gasteiger partial charge >= 0.3 is 10.4 Å². The summed E-state index contributed by atoms with van der Waals surface area (Å²) < 4.78 is 33.9. The van der Waals surface area contributed by atoms with Crippen LogP contribution < -0.4 is 0 Å². The first-order valence-corrected chi connectivity index (χ1v) is 15.6. The van der Waals surface area contributed by atoms with Crippen molar-refractivity contribution in [2.45, 2.75) is 144 Å². The molecule has 0 aliphatic carbocycles. The second kappa shape index (κ2) is 21.2. The van der Waals surface area contributed by atoms with Gasteiger partial charge in [0.15, 0.2) is 0 Å². The Morgan fingerprint density at radius 1 is 0.545 bits per heavy atom. The molecule has 0 aromatic heterocycles. The van der Waals surface area contributed by atoms with Gasteiger partial charge in [-0.2, -0.15) is 8.42 Å². The first-order valence-electron chi connectivity index (χ1n) is 14.3. The summed E-state index contributed by atoms with van der Waals surface area (Å²) in [6.07, 6.45) is 18.8. The van der Waals surface area contributed by atoms with Crippen molar-refractivity contribution in [2.24, 2.45) is 23.7 Å².